The number of benzene rings is 2. The first kappa shape index (κ1) is 24.2. The molecule has 0 radical (unpaired) electrons. The molecule has 0 saturated carbocycles. The number of esters is 1. The predicted molar refractivity (Wildman–Crippen MR) is 129 cm³/mol. The van der Waals surface area contributed by atoms with Crippen LogP contribution in [0, 0.1) is 12.7 Å². The number of hydrogen-bond donors (Lipinski definition) is 0. The molecule has 0 N–H and O–H groups in total. The zero-order valence-electron chi connectivity index (χ0n) is 18.8. The monoisotopic (exact) mass is 504 g/mol. The molecule has 178 valence electrons. The Morgan fingerprint density at radius 2 is 1.74 bits per heavy atom. The number of hydrogen-bond acceptors (Lipinski definition) is 6. The van der Waals surface area contributed by atoms with Gasteiger partial charge in [-0.05, 0) is 50.1 Å². The first-order valence-corrected chi connectivity index (χ1v) is 11.7. The smallest absolute Gasteiger partial charge is 0.360 e. The van der Waals surface area contributed by atoms with Gasteiger partial charge in [-0.3, -0.25) is 4.79 Å². The van der Waals surface area contributed by atoms with Crippen LogP contribution in [0.25, 0.3) is 11.0 Å². The molecule has 0 unspecified atom stereocenters. The van der Waals surface area contributed by atoms with Gasteiger partial charge in [0.15, 0.2) is 11.5 Å². The van der Waals surface area contributed by atoms with E-state index in [-0.39, 0.29) is 18.2 Å². The maximum atomic E-state index is 13.7. The van der Waals surface area contributed by atoms with E-state index in [1.807, 2.05) is 4.90 Å². The van der Waals surface area contributed by atoms with Gasteiger partial charge in [-0.1, -0.05) is 29.3 Å². The zero-order chi connectivity index (χ0) is 24.4. The number of rotatable bonds is 4. The summed E-state index contributed by atoms with van der Waals surface area (Å²) in [6, 6.07) is 7.36. The van der Waals surface area contributed by atoms with E-state index in [1.165, 1.54) is 12.1 Å². The van der Waals surface area contributed by atoms with Gasteiger partial charge in [0, 0.05) is 31.7 Å². The molecule has 1 saturated heterocycles. The molecular formula is C24H23Cl2FN4O3. The Labute approximate surface area is 206 Å². The summed E-state index contributed by atoms with van der Waals surface area (Å²) in [5.74, 6) is -0.906. The molecule has 0 bridgehead atoms. The Balaban J connectivity index is 1.65. The molecular weight excluding hydrogens is 482 g/mol. The summed E-state index contributed by atoms with van der Waals surface area (Å²) in [6.45, 7) is 5.50. The lowest BCUT2D eigenvalue weighted by Crippen LogP contribution is -2.36. The minimum absolute atomic E-state index is 0.0773. The minimum Gasteiger partial charge on any atom is -0.461 e. The number of nitrogens with zero attached hydrogens (tertiary/aromatic N) is 4. The fraction of sp³-hybridized carbons (Fsp3) is 0.333. The minimum atomic E-state index is -0.592. The molecule has 4 rings (SSSR count). The standard InChI is InChI=1S/C24H23Cl2FN4O3/c1-3-34-24(33)21-22(29-20-13-18(26)17(25)12-19(20)28-21)30-7-4-8-31(10-9-30)23(32)16-11-15(27)6-5-14(16)2/h5-6,11-13H,3-4,7-10H2,1-2H3. The van der Waals surface area contributed by atoms with Crippen molar-refractivity contribution < 1.29 is 18.7 Å². The molecule has 1 aliphatic heterocycles. The average molecular weight is 505 g/mol. The largest absolute Gasteiger partial charge is 0.461 e. The van der Waals surface area contributed by atoms with Crippen LogP contribution in [0.2, 0.25) is 10.0 Å². The summed E-state index contributed by atoms with van der Waals surface area (Å²) in [4.78, 5) is 38.5. The van der Waals surface area contributed by atoms with Gasteiger partial charge in [0.25, 0.3) is 5.91 Å². The van der Waals surface area contributed by atoms with Crippen molar-refractivity contribution in [3.8, 4) is 0 Å². The van der Waals surface area contributed by atoms with Gasteiger partial charge >= 0.3 is 5.97 Å². The van der Waals surface area contributed by atoms with Gasteiger partial charge in [0.2, 0.25) is 0 Å². The molecule has 0 atom stereocenters. The zero-order valence-corrected chi connectivity index (χ0v) is 20.3. The summed E-state index contributed by atoms with van der Waals surface area (Å²) in [6.07, 6.45) is 0.628. The maximum absolute atomic E-state index is 13.7. The van der Waals surface area contributed by atoms with Crippen LogP contribution in [0.5, 0.6) is 0 Å². The van der Waals surface area contributed by atoms with Crippen molar-refractivity contribution in [3.05, 3.63) is 63.0 Å². The Hall–Kier alpha value is -2.97. The lowest BCUT2D eigenvalue weighted by molar-refractivity contribution is 0.0520. The lowest BCUT2D eigenvalue weighted by atomic mass is 10.1. The van der Waals surface area contributed by atoms with E-state index in [4.69, 9.17) is 27.9 Å². The fourth-order valence-corrected chi connectivity index (χ4v) is 4.24. The van der Waals surface area contributed by atoms with Crippen LogP contribution in [-0.2, 0) is 4.74 Å². The SMILES string of the molecule is CCOC(=O)c1nc2cc(Cl)c(Cl)cc2nc1N1CCCN(C(=O)c2cc(F)ccc2C)CC1. The third kappa shape index (κ3) is 4.93. The summed E-state index contributed by atoms with van der Waals surface area (Å²) in [5.41, 5.74) is 2.05. The van der Waals surface area contributed by atoms with Crippen LogP contribution >= 0.6 is 23.2 Å². The fourth-order valence-electron chi connectivity index (χ4n) is 3.93. The van der Waals surface area contributed by atoms with Crippen LogP contribution < -0.4 is 4.90 Å². The molecule has 1 aliphatic rings. The normalized spacial score (nSPS) is 14.3. The van der Waals surface area contributed by atoms with Crippen LogP contribution in [-0.4, -0.2) is 59.5 Å². The number of halogens is 3. The average Bonchev–Trinajstić information content (AvgIpc) is 3.07. The number of amides is 1. The molecule has 2 heterocycles. The van der Waals surface area contributed by atoms with Gasteiger partial charge in [-0.15, -0.1) is 0 Å². The van der Waals surface area contributed by atoms with Gasteiger partial charge in [0.05, 0.1) is 27.7 Å². The Morgan fingerprint density at radius 3 is 2.44 bits per heavy atom. The molecule has 1 fully saturated rings. The second-order valence-corrected chi connectivity index (χ2v) is 8.78. The van der Waals surface area contributed by atoms with Crippen molar-refractivity contribution in [2.75, 3.05) is 37.7 Å². The first-order valence-electron chi connectivity index (χ1n) is 10.9. The number of anilines is 1. The van der Waals surface area contributed by atoms with Crippen molar-refractivity contribution in [2.45, 2.75) is 20.3 Å². The topological polar surface area (TPSA) is 75.6 Å². The van der Waals surface area contributed by atoms with Crippen molar-refractivity contribution in [1.29, 1.82) is 0 Å². The molecule has 3 aromatic rings. The van der Waals surface area contributed by atoms with E-state index in [9.17, 15) is 14.0 Å². The van der Waals surface area contributed by atoms with Crippen LogP contribution in [0.15, 0.2) is 30.3 Å². The highest BCUT2D eigenvalue weighted by Gasteiger charge is 2.27. The summed E-state index contributed by atoms with van der Waals surface area (Å²) in [7, 11) is 0. The van der Waals surface area contributed by atoms with Crippen LogP contribution in [0.1, 0.15) is 39.8 Å². The quantitative estimate of drug-likeness (QED) is 0.469. The van der Waals surface area contributed by atoms with E-state index < -0.39 is 11.8 Å². The lowest BCUT2D eigenvalue weighted by Gasteiger charge is -2.24. The maximum Gasteiger partial charge on any atom is 0.360 e. The second-order valence-electron chi connectivity index (χ2n) is 7.96. The molecule has 10 heteroatoms. The van der Waals surface area contributed by atoms with Crippen molar-refractivity contribution in [1.82, 2.24) is 14.9 Å². The van der Waals surface area contributed by atoms with E-state index in [2.05, 4.69) is 9.97 Å². The number of aromatic nitrogens is 2. The van der Waals surface area contributed by atoms with Gasteiger partial charge in [-0.2, -0.15) is 0 Å². The molecule has 0 aliphatic carbocycles. The van der Waals surface area contributed by atoms with E-state index in [0.29, 0.717) is 70.6 Å². The number of carbonyl (C=O) groups excluding carboxylic acids is 2. The molecule has 1 aromatic heterocycles. The molecule has 2 aromatic carbocycles. The Kier molecular flexibility index (Phi) is 7.19. The number of ether oxygens (including phenoxy) is 1. The molecule has 34 heavy (non-hydrogen) atoms. The van der Waals surface area contributed by atoms with E-state index >= 15 is 0 Å². The molecule has 1 amide bonds. The van der Waals surface area contributed by atoms with Crippen molar-refractivity contribution in [3.63, 3.8) is 0 Å². The second kappa shape index (κ2) is 10.1. The number of aryl methyl sites for hydroxylation is 1. The third-order valence-corrected chi connectivity index (χ3v) is 6.39. The van der Waals surface area contributed by atoms with Crippen molar-refractivity contribution >= 4 is 51.9 Å². The number of fused-ring (bicyclic) bond motifs is 1. The summed E-state index contributed by atoms with van der Waals surface area (Å²) >= 11 is 12.3. The Morgan fingerprint density at radius 1 is 1.03 bits per heavy atom. The highest BCUT2D eigenvalue weighted by molar-refractivity contribution is 6.42. The van der Waals surface area contributed by atoms with Crippen LogP contribution in [0.3, 0.4) is 0 Å². The first-order chi connectivity index (χ1) is 16.3. The highest BCUT2D eigenvalue weighted by atomic mass is 35.5. The highest BCUT2D eigenvalue weighted by Crippen LogP contribution is 2.29. The van der Waals surface area contributed by atoms with E-state index in [0.717, 1.165) is 0 Å². The van der Waals surface area contributed by atoms with Crippen molar-refractivity contribution in [2.24, 2.45) is 0 Å². The van der Waals surface area contributed by atoms with Gasteiger partial charge in [-0.25, -0.2) is 19.2 Å². The third-order valence-electron chi connectivity index (χ3n) is 5.67. The molecule has 7 nitrogen and oxygen atoms in total. The van der Waals surface area contributed by atoms with Gasteiger partial charge < -0.3 is 14.5 Å². The summed E-state index contributed by atoms with van der Waals surface area (Å²) in [5, 5.41) is 0.638. The summed E-state index contributed by atoms with van der Waals surface area (Å²) < 4.78 is 19.0. The molecule has 0 spiro atoms. The van der Waals surface area contributed by atoms with Crippen LogP contribution in [0.4, 0.5) is 10.2 Å². The van der Waals surface area contributed by atoms with Gasteiger partial charge in [0.1, 0.15) is 5.82 Å². The van der Waals surface area contributed by atoms with E-state index in [1.54, 1.807) is 36.9 Å². The Bertz CT molecular complexity index is 1270. The predicted octanol–water partition coefficient (Wildman–Crippen LogP) is 4.91. The number of carbonyl (C=O) groups is 2.